The summed E-state index contributed by atoms with van der Waals surface area (Å²) in [5.74, 6) is -20.2. The molecule has 0 amide bonds. The molecule has 0 fully saturated rings. The van der Waals surface area contributed by atoms with Crippen LogP contribution in [-0.4, -0.2) is 36.8 Å². The van der Waals surface area contributed by atoms with Gasteiger partial charge in [-0.05, 0) is 0 Å². The Kier molecular flexibility index (Phi) is 4.72. The molecule has 0 saturated carbocycles. The topological polar surface area (TPSA) is 26.3 Å². The molecule has 18 heavy (non-hydrogen) atoms. The highest BCUT2D eigenvalue weighted by Crippen LogP contribution is 2.48. The number of carbonyl (C=O) groups excluding carboxylic acids is 1. The molecule has 2 nitrogen and oxygen atoms in total. The van der Waals surface area contributed by atoms with Crippen molar-refractivity contribution in [1.29, 1.82) is 0 Å². The lowest BCUT2D eigenvalue weighted by Gasteiger charge is -2.32. The second kappa shape index (κ2) is 5.11. The van der Waals surface area contributed by atoms with Crippen molar-refractivity contribution >= 4 is 5.97 Å². The third-order valence-electron chi connectivity index (χ3n) is 1.72. The maximum absolute atomic E-state index is 12.7. The van der Waals surface area contributed by atoms with Crippen LogP contribution in [0, 0.1) is 0 Å². The fraction of sp³-hybridized carbons (Fsp3) is 0.625. The van der Waals surface area contributed by atoms with Crippen LogP contribution in [0.5, 0.6) is 0 Å². The predicted octanol–water partition coefficient (Wildman–Crippen LogP) is 2.89. The van der Waals surface area contributed by atoms with E-state index in [4.69, 9.17) is 0 Å². The van der Waals surface area contributed by atoms with Crippen LogP contribution in [0.15, 0.2) is 12.7 Å². The van der Waals surface area contributed by atoms with Gasteiger partial charge in [0.1, 0.15) is 0 Å². The summed E-state index contributed by atoms with van der Waals surface area (Å²) in [6, 6.07) is 0. The van der Waals surface area contributed by atoms with E-state index in [-0.39, 0.29) is 6.08 Å². The van der Waals surface area contributed by atoms with Gasteiger partial charge in [-0.15, -0.1) is 0 Å². The summed E-state index contributed by atoms with van der Waals surface area (Å²) >= 11 is 0. The zero-order valence-corrected chi connectivity index (χ0v) is 8.41. The largest absolute Gasteiger partial charge is 0.421 e. The van der Waals surface area contributed by atoms with E-state index in [1.165, 1.54) is 0 Å². The molecule has 1 atom stereocenters. The molecule has 0 aromatic carbocycles. The first kappa shape index (κ1) is 16.6. The Morgan fingerprint density at radius 1 is 1.22 bits per heavy atom. The second-order valence-corrected chi connectivity index (χ2v) is 2.99. The van der Waals surface area contributed by atoms with E-state index in [1.54, 1.807) is 0 Å². The smallest absolute Gasteiger partial charge is 0.381 e. The highest BCUT2D eigenvalue weighted by atomic mass is 19.4. The SMILES string of the molecule is C=CC(=O)OC(F)C(F)(F)C(F)(F)C(F)(F)CF. The van der Waals surface area contributed by atoms with Crippen molar-refractivity contribution in [3.8, 4) is 0 Å². The summed E-state index contributed by atoms with van der Waals surface area (Å²) in [5, 5.41) is 0. The van der Waals surface area contributed by atoms with Crippen molar-refractivity contribution in [3.05, 3.63) is 12.7 Å². The van der Waals surface area contributed by atoms with Crippen molar-refractivity contribution in [2.45, 2.75) is 24.1 Å². The highest BCUT2D eigenvalue weighted by Gasteiger charge is 2.75. The third-order valence-corrected chi connectivity index (χ3v) is 1.72. The maximum Gasteiger partial charge on any atom is 0.381 e. The molecule has 0 spiro atoms. The molecule has 0 N–H and O–H groups in total. The van der Waals surface area contributed by atoms with Gasteiger partial charge in [0.2, 0.25) is 0 Å². The van der Waals surface area contributed by atoms with E-state index in [9.17, 15) is 39.9 Å². The molecule has 0 radical (unpaired) electrons. The first-order valence-electron chi connectivity index (χ1n) is 4.10. The molecule has 0 saturated heterocycles. The number of esters is 1. The number of halogens is 8. The summed E-state index contributed by atoms with van der Waals surface area (Å²) < 4.78 is 102. The zero-order valence-electron chi connectivity index (χ0n) is 8.41. The second-order valence-electron chi connectivity index (χ2n) is 2.99. The molecule has 0 aromatic heterocycles. The molecule has 0 aliphatic carbocycles. The van der Waals surface area contributed by atoms with Crippen LogP contribution < -0.4 is 0 Å². The number of hydrogen-bond donors (Lipinski definition) is 0. The van der Waals surface area contributed by atoms with E-state index < -0.39 is 36.8 Å². The molecule has 0 heterocycles. The van der Waals surface area contributed by atoms with Gasteiger partial charge in [-0.1, -0.05) is 6.58 Å². The lowest BCUT2D eigenvalue weighted by Crippen LogP contribution is -2.60. The first-order valence-corrected chi connectivity index (χ1v) is 4.10. The Balaban J connectivity index is 5.23. The van der Waals surface area contributed by atoms with Crippen molar-refractivity contribution in [3.63, 3.8) is 0 Å². The van der Waals surface area contributed by atoms with Crippen LogP contribution in [0.25, 0.3) is 0 Å². The molecule has 106 valence electrons. The fourth-order valence-corrected chi connectivity index (χ4v) is 0.694. The minimum absolute atomic E-state index is 0.147. The van der Waals surface area contributed by atoms with Gasteiger partial charge in [0.05, 0.1) is 0 Å². The zero-order chi connectivity index (χ0) is 14.8. The van der Waals surface area contributed by atoms with Crippen molar-refractivity contribution in [1.82, 2.24) is 0 Å². The van der Waals surface area contributed by atoms with Crippen molar-refractivity contribution in [2.24, 2.45) is 0 Å². The third kappa shape index (κ3) is 2.72. The number of alkyl halides is 8. The van der Waals surface area contributed by atoms with Crippen LogP contribution in [0.3, 0.4) is 0 Å². The molecular weight excluding hydrogens is 280 g/mol. The molecule has 0 rings (SSSR count). The van der Waals surface area contributed by atoms with Crippen molar-refractivity contribution < 1.29 is 44.7 Å². The quantitative estimate of drug-likeness (QED) is 0.426. The summed E-state index contributed by atoms with van der Waals surface area (Å²) in [7, 11) is 0. The predicted molar refractivity (Wildman–Crippen MR) is 42.0 cm³/mol. The van der Waals surface area contributed by atoms with Crippen LogP contribution in [-0.2, 0) is 9.53 Å². The van der Waals surface area contributed by atoms with Gasteiger partial charge in [-0.25, -0.2) is 9.18 Å². The molecule has 0 aliphatic rings. The summed E-state index contributed by atoms with van der Waals surface area (Å²) in [6.45, 7) is -0.500. The lowest BCUT2D eigenvalue weighted by molar-refractivity contribution is -0.350. The Morgan fingerprint density at radius 2 is 1.67 bits per heavy atom. The van der Waals surface area contributed by atoms with E-state index in [1.807, 2.05) is 0 Å². The van der Waals surface area contributed by atoms with Gasteiger partial charge in [-0.3, -0.25) is 0 Å². The minimum Gasteiger partial charge on any atom is -0.421 e. The Morgan fingerprint density at radius 3 is 2.00 bits per heavy atom. The molecular formula is C8H6F8O2. The average Bonchev–Trinajstić information content (AvgIpc) is 2.27. The molecule has 0 aliphatic heterocycles. The Hall–Kier alpha value is -1.35. The molecule has 1 unspecified atom stereocenters. The van der Waals surface area contributed by atoms with Crippen LogP contribution in [0.2, 0.25) is 0 Å². The van der Waals surface area contributed by atoms with Crippen LogP contribution in [0.1, 0.15) is 0 Å². The van der Waals surface area contributed by atoms with Crippen LogP contribution in [0.4, 0.5) is 35.1 Å². The van der Waals surface area contributed by atoms with Crippen molar-refractivity contribution in [2.75, 3.05) is 6.67 Å². The number of hydrogen-bond acceptors (Lipinski definition) is 2. The maximum atomic E-state index is 12.7. The fourth-order valence-electron chi connectivity index (χ4n) is 0.694. The lowest BCUT2D eigenvalue weighted by atomic mass is 10.1. The standard InChI is InChI=1S/C8H6F8O2/c1-2-4(17)18-5(10)7(13,14)8(15,16)6(11,12)3-9/h2,5H,1,3H2. The first-order chi connectivity index (χ1) is 7.94. The van der Waals surface area contributed by atoms with E-state index >= 15 is 0 Å². The van der Waals surface area contributed by atoms with E-state index in [0.717, 1.165) is 0 Å². The average molecular weight is 286 g/mol. The van der Waals surface area contributed by atoms with E-state index in [2.05, 4.69) is 11.3 Å². The Labute approximate surface area is 95.2 Å². The summed E-state index contributed by atoms with van der Waals surface area (Å²) in [6.07, 6.45) is -4.23. The van der Waals surface area contributed by atoms with E-state index in [0.29, 0.717) is 0 Å². The van der Waals surface area contributed by atoms with Gasteiger partial charge >= 0.3 is 30.1 Å². The summed E-state index contributed by atoms with van der Waals surface area (Å²) in [4.78, 5) is 10.3. The molecule has 0 bridgehead atoms. The Bertz CT molecular complexity index is 327. The van der Waals surface area contributed by atoms with Gasteiger partial charge in [0, 0.05) is 6.08 Å². The molecule has 10 heteroatoms. The summed E-state index contributed by atoms with van der Waals surface area (Å²) in [5.41, 5.74) is 0. The van der Waals surface area contributed by atoms with Gasteiger partial charge in [0.15, 0.2) is 6.67 Å². The number of ether oxygens (including phenoxy) is 1. The van der Waals surface area contributed by atoms with Gasteiger partial charge in [0.25, 0.3) is 0 Å². The highest BCUT2D eigenvalue weighted by molar-refractivity contribution is 5.81. The normalized spacial score (nSPS) is 15.1. The van der Waals surface area contributed by atoms with Crippen LogP contribution >= 0.6 is 0 Å². The monoisotopic (exact) mass is 286 g/mol. The van der Waals surface area contributed by atoms with Gasteiger partial charge < -0.3 is 4.74 Å². The minimum atomic E-state index is -6.38. The number of carbonyl (C=O) groups is 1. The van der Waals surface area contributed by atoms with Gasteiger partial charge in [-0.2, -0.15) is 30.7 Å². The number of rotatable bonds is 6. The molecule has 0 aromatic rings.